The number of aliphatic hydroxyl groups is 1. The van der Waals surface area contributed by atoms with Crippen LogP contribution in [0.3, 0.4) is 0 Å². The molecule has 0 saturated carbocycles. The van der Waals surface area contributed by atoms with Gasteiger partial charge in [-0.3, -0.25) is 0 Å². The van der Waals surface area contributed by atoms with Crippen molar-refractivity contribution >= 4 is 23.4 Å². The van der Waals surface area contributed by atoms with E-state index in [1.54, 1.807) is 11.8 Å². The zero-order valence-corrected chi connectivity index (χ0v) is 8.63. The van der Waals surface area contributed by atoms with Crippen molar-refractivity contribution < 1.29 is 5.11 Å². The van der Waals surface area contributed by atoms with Gasteiger partial charge < -0.3 is 5.11 Å². The molecule has 0 rings (SSSR count). The van der Waals surface area contributed by atoms with E-state index in [2.05, 4.69) is 6.58 Å². The van der Waals surface area contributed by atoms with Crippen LogP contribution in [0.5, 0.6) is 0 Å². The van der Waals surface area contributed by atoms with Crippen LogP contribution in [0.4, 0.5) is 0 Å². The third-order valence-corrected chi connectivity index (χ3v) is 3.10. The zero-order chi connectivity index (χ0) is 8.91. The Bertz CT molecular complexity index is 134. The van der Waals surface area contributed by atoms with Crippen molar-refractivity contribution in [3.05, 3.63) is 11.6 Å². The van der Waals surface area contributed by atoms with Crippen LogP contribution in [0, 0.1) is 0 Å². The van der Waals surface area contributed by atoms with Crippen LogP contribution in [0.15, 0.2) is 11.6 Å². The first-order chi connectivity index (χ1) is 4.98. The summed E-state index contributed by atoms with van der Waals surface area (Å²) in [4.78, 5) is 0. The predicted molar refractivity (Wildman–Crippen MR) is 53.2 cm³/mol. The summed E-state index contributed by atoms with van der Waals surface area (Å²) in [7, 11) is 0. The molecule has 11 heavy (non-hydrogen) atoms. The van der Waals surface area contributed by atoms with Crippen molar-refractivity contribution in [2.24, 2.45) is 0 Å². The molecule has 1 unspecified atom stereocenters. The third kappa shape index (κ3) is 6.73. The monoisotopic (exact) mass is 194 g/mol. The van der Waals surface area contributed by atoms with Crippen LogP contribution in [-0.4, -0.2) is 22.2 Å². The highest BCUT2D eigenvalue weighted by Gasteiger charge is 2.16. The third-order valence-electron chi connectivity index (χ3n) is 1.43. The van der Waals surface area contributed by atoms with Crippen LogP contribution < -0.4 is 0 Å². The Hall–Kier alpha value is 0.340. The summed E-state index contributed by atoms with van der Waals surface area (Å²) in [6, 6.07) is 0. The van der Waals surface area contributed by atoms with Crippen molar-refractivity contribution in [2.75, 3.05) is 11.5 Å². The number of halogens is 1. The van der Waals surface area contributed by atoms with Gasteiger partial charge in [0.05, 0.1) is 5.60 Å². The van der Waals surface area contributed by atoms with Gasteiger partial charge in [-0.15, -0.1) is 0 Å². The Morgan fingerprint density at radius 2 is 2.27 bits per heavy atom. The molecule has 66 valence electrons. The summed E-state index contributed by atoms with van der Waals surface area (Å²) >= 11 is 7.16. The molecule has 0 radical (unpaired) electrons. The molecular weight excluding hydrogens is 180 g/mol. The summed E-state index contributed by atoms with van der Waals surface area (Å²) < 4.78 is 0. The van der Waals surface area contributed by atoms with Gasteiger partial charge in [0.2, 0.25) is 0 Å². The lowest BCUT2D eigenvalue weighted by atomic mass is 10.1. The summed E-state index contributed by atoms with van der Waals surface area (Å²) in [5.74, 6) is 1.44. The van der Waals surface area contributed by atoms with Crippen LogP contribution in [-0.2, 0) is 0 Å². The van der Waals surface area contributed by atoms with Crippen LogP contribution in [0.25, 0.3) is 0 Å². The van der Waals surface area contributed by atoms with Gasteiger partial charge in [0.15, 0.2) is 0 Å². The smallest absolute Gasteiger partial charge is 0.0707 e. The molecule has 0 bridgehead atoms. The Labute approximate surface area is 77.8 Å². The topological polar surface area (TPSA) is 20.2 Å². The van der Waals surface area contributed by atoms with Gasteiger partial charge in [-0.25, -0.2) is 0 Å². The minimum absolute atomic E-state index is 0.559. The van der Waals surface area contributed by atoms with E-state index < -0.39 is 5.60 Å². The summed E-state index contributed by atoms with van der Waals surface area (Å²) in [6.07, 6.45) is 0.773. The molecule has 1 N–H and O–H groups in total. The fourth-order valence-electron chi connectivity index (χ4n) is 0.484. The van der Waals surface area contributed by atoms with E-state index in [1.807, 2.05) is 13.8 Å². The average Bonchev–Trinajstić information content (AvgIpc) is 1.87. The Kier molecular flexibility index (Phi) is 5.23. The highest BCUT2D eigenvalue weighted by Crippen LogP contribution is 2.18. The largest absolute Gasteiger partial charge is 0.389 e. The maximum Gasteiger partial charge on any atom is 0.0707 e. The van der Waals surface area contributed by atoms with Crippen molar-refractivity contribution in [3.8, 4) is 0 Å². The molecule has 0 amide bonds. The van der Waals surface area contributed by atoms with Gasteiger partial charge in [0.1, 0.15) is 0 Å². The van der Waals surface area contributed by atoms with Gasteiger partial charge in [-0.05, 0) is 13.3 Å². The number of rotatable bonds is 5. The molecular formula is C8H15ClOS. The molecule has 0 aliphatic heterocycles. The van der Waals surface area contributed by atoms with E-state index in [-0.39, 0.29) is 0 Å². The van der Waals surface area contributed by atoms with Crippen molar-refractivity contribution in [1.82, 2.24) is 0 Å². The normalized spacial score (nSPS) is 16.0. The Morgan fingerprint density at radius 3 is 2.64 bits per heavy atom. The maximum atomic E-state index is 9.54. The van der Waals surface area contributed by atoms with Crippen molar-refractivity contribution in [2.45, 2.75) is 25.9 Å². The molecule has 0 aromatic rings. The fourth-order valence-corrected chi connectivity index (χ4v) is 1.68. The van der Waals surface area contributed by atoms with E-state index in [9.17, 15) is 5.11 Å². The average molecular weight is 195 g/mol. The second kappa shape index (κ2) is 5.07. The number of hydrogen-bond donors (Lipinski definition) is 1. The molecule has 0 heterocycles. The first-order valence-corrected chi connectivity index (χ1v) is 5.14. The molecule has 0 aliphatic rings. The first kappa shape index (κ1) is 11.3. The Morgan fingerprint density at radius 1 is 1.73 bits per heavy atom. The van der Waals surface area contributed by atoms with E-state index in [0.29, 0.717) is 5.03 Å². The minimum Gasteiger partial charge on any atom is -0.389 e. The van der Waals surface area contributed by atoms with E-state index >= 15 is 0 Å². The lowest BCUT2D eigenvalue weighted by Crippen LogP contribution is -2.25. The van der Waals surface area contributed by atoms with Gasteiger partial charge in [0.25, 0.3) is 0 Å². The van der Waals surface area contributed by atoms with Crippen LogP contribution >= 0.6 is 23.4 Å². The van der Waals surface area contributed by atoms with Gasteiger partial charge in [-0.2, -0.15) is 11.8 Å². The Balaban J connectivity index is 3.45. The van der Waals surface area contributed by atoms with Gasteiger partial charge in [0, 0.05) is 16.5 Å². The molecule has 0 aliphatic carbocycles. The maximum absolute atomic E-state index is 9.54. The standard InChI is InChI=1S/C8H15ClOS/c1-4-8(3,10)6-11-5-7(2)9/h10H,2,4-6H2,1,3H3. The molecule has 3 heteroatoms. The quantitative estimate of drug-likeness (QED) is 0.726. The predicted octanol–water partition coefficient (Wildman–Crippen LogP) is 2.63. The number of thioether (sulfide) groups is 1. The highest BCUT2D eigenvalue weighted by molar-refractivity contribution is 7.99. The highest BCUT2D eigenvalue weighted by atomic mass is 35.5. The van der Waals surface area contributed by atoms with E-state index in [1.165, 1.54) is 0 Å². The van der Waals surface area contributed by atoms with E-state index in [4.69, 9.17) is 11.6 Å². The second-order valence-electron chi connectivity index (χ2n) is 2.86. The van der Waals surface area contributed by atoms with Gasteiger partial charge in [-0.1, -0.05) is 25.1 Å². The molecule has 1 atom stereocenters. The minimum atomic E-state index is -0.559. The van der Waals surface area contributed by atoms with Gasteiger partial charge >= 0.3 is 0 Å². The fraction of sp³-hybridized carbons (Fsp3) is 0.750. The summed E-state index contributed by atoms with van der Waals surface area (Å²) in [5.41, 5.74) is -0.559. The molecule has 0 saturated heterocycles. The molecule has 0 aromatic heterocycles. The first-order valence-electron chi connectivity index (χ1n) is 3.61. The number of hydrogen-bond acceptors (Lipinski definition) is 2. The summed E-state index contributed by atoms with van der Waals surface area (Å²) in [6.45, 7) is 7.36. The van der Waals surface area contributed by atoms with Crippen molar-refractivity contribution in [1.29, 1.82) is 0 Å². The summed E-state index contributed by atoms with van der Waals surface area (Å²) in [5, 5.41) is 10.2. The lowest BCUT2D eigenvalue weighted by molar-refractivity contribution is 0.0816. The zero-order valence-electron chi connectivity index (χ0n) is 7.06. The molecule has 1 nitrogen and oxygen atoms in total. The molecule has 0 spiro atoms. The lowest BCUT2D eigenvalue weighted by Gasteiger charge is -2.20. The van der Waals surface area contributed by atoms with E-state index in [0.717, 1.165) is 17.9 Å². The SMILES string of the molecule is C=C(Cl)CSCC(C)(O)CC. The molecule has 0 fully saturated rings. The van der Waals surface area contributed by atoms with Crippen molar-refractivity contribution in [3.63, 3.8) is 0 Å². The van der Waals surface area contributed by atoms with Crippen LogP contribution in [0.1, 0.15) is 20.3 Å². The second-order valence-corrected chi connectivity index (χ2v) is 4.38. The molecule has 0 aromatic carbocycles. The van der Waals surface area contributed by atoms with Crippen LogP contribution in [0.2, 0.25) is 0 Å².